The van der Waals surface area contributed by atoms with E-state index < -0.39 is 0 Å². The van der Waals surface area contributed by atoms with Gasteiger partial charge in [-0.2, -0.15) is 0 Å². The average molecular weight is 345 g/mol. The van der Waals surface area contributed by atoms with Crippen LogP contribution in [0, 0.1) is 5.41 Å². The molecular weight excluding hydrogens is 314 g/mol. The van der Waals surface area contributed by atoms with Crippen LogP contribution in [0.1, 0.15) is 37.8 Å². The molecule has 0 aromatic heterocycles. The molecule has 5 nitrogen and oxygen atoms in total. The second-order valence-electron chi connectivity index (χ2n) is 7.10. The number of hydrogen-bond donors (Lipinski definition) is 1. The first-order chi connectivity index (χ1) is 12.2. The van der Waals surface area contributed by atoms with Crippen molar-refractivity contribution < 1.29 is 9.47 Å². The van der Waals surface area contributed by atoms with E-state index in [4.69, 9.17) is 14.5 Å². The average Bonchev–Trinajstić information content (AvgIpc) is 3.28. The lowest BCUT2D eigenvalue weighted by Gasteiger charge is -2.25. The van der Waals surface area contributed by atoms with Crippen molar-refractivity contribution in [2.24, 2.45) is 10.4 Å². The van der Waals surface area contributed by atoms with Gasteiger partial charge in [0, 0.05) is 38.3 Å². The molecule has 1 aromatic carbocycles. The third-order valence-electron chi connectivity index (χ3n) is 5.16. The predicted molar refractivity (Wildman–Crippen MR) is 101 cm³/mol. The van der Waals surface area contributed by atoms with Crippen molar-refractivity contribution in [3.63, 3.8) is 0 Å². The molecule has 0 amide bonds. The van der Waals surface area contributed by atoms with Gasteiger partial charge >= 0.3 is 0 Å². The van der Waals surface area contributed by atoms with E-state index in [0.717, 1.165) is 45.4 Å². The molecule has 138 valence electrons. The molecule has 0 bridgehead atoms. The summed E-state index contributed by atoms with van der Waals surface area (Å²) in [6.45, 7) is 11.1. The van der Waals surface area contributed by atoms with Crippen LogP contribution in [0.2, 0.25) is 0 Å². The monoisotopic (exact) mass is 345 g/mol. The van der Waals surface area contributed by atoms with Gasteiger partial charge in [0.05, 0.1) is 19.8 Å². The van der Waals surface area contributed by atoms with E-state index >= 15 is 0 Å². The molecule has 2 aliphatic heterocycles. The van der Waals surface area contributed by atoms with E-state index in [-0.39, 0.29) is 0 Å². The molecule has 1 atom stereocenters. The second-order valence-corrected chi connectivity index (χ2v) is 7.10. The highest BCUT2D eigenvalue weighted by Gasteiger charge is 2.42. The lowest BCUT2D eigenvalue weighted by molar-refractivity contribution is 0.134. The van der Waals surface area contributed by atoms with Crippen molar-refractivity contribution in [2.75, 3.05) is 39.5 Å². The molecule has 1 unspecified atom stereocenters. The number of nitrogens with one attached hydrogen (secondary N) is 1. The molecule has 1 N–H and O–H groups in total. The summed E-state index contributed by atoms with van der Waals surface area (Å²) >= 11 is 0. The van der Waals surface area contributed by atoms with Crippen molar-refractivity contribution in [3.8, 4) is 0 Å². The van der Waals surface area contributed by atoms with Gasteiger partial charge in [-0.25, -0.2) is 4.99 Å². The van der Waals surface area contributed by atoms with Crippen LogP contribution in [0.15, 0.2) is 29.3 Å². The zero-order valence-electron chi connectivity index (χ0n) is 15.6. The summed E-state index contributed by atoms with van der Waals surface area (Å²) in [5.74, 6) is 1.03. The number of ether oxygens (including phenoxy) is 2. The van der Waals surface area contributed by atoms with Gasteiger partial charge in [-0.1, -0.05) is 24.3 Å². The molecule has 2 saturated heterocycles. The summed E-state index contributed by atoms with van der Waals surface area (Å²) in [5.41, 5.74) is 2.80. The van der Waals surface area contributed by atoms with Gasteiger partial charge in [0.2, 0.25) is 0 Å². The Labute approximate surface area is 151 Å². The molecule has 1 spiro atoms. The van der Waals surface area contributed by atoms with Gasteiger partial charge in [-0.15, -0.1) is 0 Å². The first-order valence-electron chi connectivity index (χ1n) is 9.51. The van der Waals surface area contributed by atoms with Crippen molar-refractivity contribution in [1.29, 1.82) is 0 Å². The fourth-order valence-electron chi connectivity index (χ4n) is 3.64. The van der Waals surface area contributed by atoms with E-state index in [9.17, 15) is 0 Å². The third kappa shape index (κ3) is 4.73. The van der Waals surface area contributed by atoms with Crippen LogP contribution in [-0.2, 0) is 22.6 Å². The predicted octanol–water partition coefficient (Wildman–Crippen LogP) is 2.80. The molecule has 0 aliphatic carbocycles. The fourth-order valence-corrected chi connectivity index (χ4v) is 3.64. The molecule has 3 rings (SSSR count). The van der Waals surface area contributed by atoms with Crippen LogP contribution >= 0.6 is 0 Å². The van der Waals surface area contributed by atoms with Crippen LogP contribution in [0.3, 0.4) is 0 Å². The topological polar surface area (TPSA) is 46.1 Å². The fraction of sp³-hybridized carbons (Fsp3) is 0.650. The lowest BCUT2D eigenvalue weighted by atomic mass is 9.87. The van der Waals surface area contributed by atoms with Crippen LogP contribution in [-0.4, -0.2) is 50.3 Å². The number of nitrogens with zero attached hydrogens (tertiary/aromatic N) is 2. The SMILES string of the molecule is CCNC(=NCc1ccc(COCC)cc1)N1CCC2(CCOC2)C1. The maximum Gasteiger partial charge on any atom is 0.194 e. The zero-order valence-corrected chi connectivity index (χ0v) is 15.6. The summed E-state index contributed by atoms with van der Waals surface area (Å²) in [7, 11) is 0. The number of benzene rings is 1. The first-order valence-corrected chi connectivity index (χ1v) is 9.51. The van der Waals surface area contributed by atoms with Gasteiger partial charge in [0.25, 0.3) is 0 Å². The highest BCUT2D eigenvalue weighted by Crippen LogP contribution is 2.38. The van der Waals surface area contributed by atoms with Crippen LogP contribution < -0.4 is 5.32 Å². The minimum atomic E-state index is 0.358. The number of guanidine groups is 1. The number of rotatable bonds is 6. The Bertz CT molecular complexity index is 565. The van der Waals surface area contributed by atoms with Gasteiger partial charge in [0.15, 0.2) is 5.96 Å². The van der Waals surface area contributed by atoms with Gasteiger partial charge in [0.1, 0.15) is 0 Å². The number of hydrogen-bond acceptors (Lipinski definition) is 3. The van der Waals surface area contributed by atoms with Crippen LogP contribution in [0.5, 0.6) is 0 Å². The Hall–Kier alpha value is -1.59. The molecular formula is C20H31N3O2. The Balaban J connectivity index is 1.60. The van der Waals surface area contributed by atoms with Crippen molar-refractivity contribution >= 4 is 5.96 Å². The Morgan fingerprint density at radius 2 is 2.04 bits per heavy atom. The smallest absolute Gasteiger partial charge is 0.194 e. The third-order valence-corrected chi connectivity index (χ3v) is 5.16. The van der Waals surface area contributed by atoms with Crippen molar-refractivity contribution in [1.82, 2.24) is 10.2 Å². The Morgan fingerprint density at radius 3 is 2.72 bits per heavy atom. The zero-order chi connectivity index (χ0) is 17.5. The normalized spacial score (nSPS) is 23.6. The van der Waals surface area contributed by atoms with Crippen molar-refractivity contribution in [2.45, 2.75) is 39.8 Å². The summed E-state index contributed by atoms with van der Waals surface area (Å²) in [5, 5.41) is 3.46. The highest BCUT2D eigenvalue weighted by atomic mass is 16.5. The molecule has 1 aromatic rings. The Kier molecular flexibility index (Phi) is 6.32. The maximum absolute atomic E-state index is 5.64. The van der Waals surface area contributed by atoms with Gasteiger partial charge in [-0.3, -0.25) is 0 Å². The summed E-state index contributed by atoms with van der Waals surface area (Å²) in [6, 6.07) is 8.57. The van der Waals surface area contributed by atoms with Crippen LogP contribution in [0.25, 0.3) is 0 Å². The molecule has 2 aliphatic rings. The van der Waals surface area contributed by atoms with E-state index in [1.54, 1.807) is 0 Å². The molecule has 5 heteroatoms. The van der Waals surface area contributed by atoms with Gasteiger partial charge < -0.3 is 19.7 Å². The van der Waals surface area contributed by atoms with Crippen molar-refractivity contribution in [3.05, 3.63) is 35.4 Å². The summed E-state index contributed by atoms with van der Waals surface area (Å²) in [4.78, 5) is 7.28. The summed E-state index contributed by atoms with van der Waals surface area (Å²) in [6.07, 6.45) is 2.40. The second kappa shape index (κ2) is 8.68. The number of likely N-dealkylation sites (tertiary alicyclic amines) is 1. The number of aliphatic imine (C=N–C) groups is 1. The highest BCUT2D eigenvalue weighted by molar-refractivity contribution is 5.80. The first kappa shape index (κ1) is 18.2. The minimum Gasteiger partial charge on any atom is -0.381 e. The van der Waals surface area contributed by atoms with E-state index in [0.29, 0.717) is 18.6 Å². The quantitative estimate of drug-likeness (QED) is 0.636. The molecule has 0 saturated carbocycles. The molecule has 2 fully saturated rings. The molecule has 2 heterocycles. The van der Waals surface area contributed by atoms with E-state index in [2.05, 4.69) is 41.4 Å². The molecule has 25 heavy (non-hydrogen) atoms. The van der Waals surface area contributed by atoms with Crippen LogP contribution in [0.4, 0.5) is 0 Å². The largest absolute Gasteiger partial charge is 0.381 e. The standard InChI is InChI=1S/C20H31N3O2/c1-3-21-19(23-11-9-20(15-23)10-12-25-16-20)22-13-17-5-7-18(8-6-17)14-24-4-2/h5-8H,3-4,9-16H2,1-2H3,(H,21,22). The van der Waals surface area contributed by atoms with Gasteiger partial charge in [-0.05, 0) is 37.8 Å². The van der Waals surface area contributed by atoms with E-state index in [1.165, 1.54) is 24.0 Å². The minimum absolute atomic E-state index is 0.358. The molecule has 0 radical (unpaired) electrons. The summed E-state index contributed by atoms with van der Waals surface area (Å²) < 4.78 is 11.1. The lowest BCUT2D eigenvalue weighted by Crippen LogP contribution is -2.41. The Morgan fingerprint density at radius 1 is 1.24 bits per heavy atom. The van der Waals surface area contributed by atoms with E-state index in [1.807, 2.05) is 6.92 Å². The maximum atomic E-state index is 5.64.